The van der Waals surface area contributed by atoms with Gasteiger partial charge in [-0.3, -0.25) is 0 Å². The van der Waals surface area contributed by atoms with Crippen LogP contribution in [0, 0.1) is 5.92 Å². The average Bonchev–Trinajstić information content (AvgIpc) is 2.64. The van der Waals surface area contributed by atoms with Gasteiger partial charge in [-0.25, -0.2) is 0 Å². The van der Waals surface area contributed by atoms with Crippen LogP contribution in [-0.4, -0.2) is 52.4 Å². The summed E-state index contributed by atoms with van der Waals surface area (Å²) >= 11 is -2.52. The van der Waals surface area contributed by atoms with E-state index < -0.39 is 17.4 Å². The SMILES string of the molecule is CC(C)CC1=[C]([Ti]([N](C)C)([N](C)C)[N](C)C)CC=C1. The van der Waals surface area contributed by atoms with Crippen molar-refractivity contribution < 1.29 is 17.4 Å². The van der Waals surface area contributed by atoms with Crippen LogP contribution in [-0.2, 0) is 17.4 Å². The molecule has 0 aromatic carbocycles. The van der Waals surface area contributed by atoms with E-state index in [-0.39, 0.29) is 0 Å². The van der Waals surface area contributed by atoms with Crippen LogP contribution in [0.15, 0.2) is 21.6 Å². The van der Waals surface area contributed by atoms with Crippen LogP contribution in [0.3, 0.4) is 0 Å². The number of allylic oxidation sites excluding steroid dienone is 4. The van der Waals surface area contributed by atoms with Crippen molar-refractivity contribution in [3.8, 4) is 0 Å². The Morgan fingerprint density at radius 3 is 1.84 bits per heavy atom. The van der Waals surface area contributed by atoms with E-state index in [2.05, 4.69) is 78.4 Å². The van der Waals surface area contributed by atoms with E-state index >= 15 is 0 Å². The summed E-state index contributed by atoms with van der Waals surface area (Å²) < 4.78 is 9.21. The van der Waals surface area contributed by atoms with Crippen LogP contribution < -0.4 is 0 Å². The summed E-state index contributed by atoms with van der Waals surface area (Å²) in [5.41, 5.74) is 1.59. The molecule has 0 amide bonds. The third-order valence-electron chi connectivity index (χ3n) is 3.93. The summed E-state index contributed by atoms with van der Waals surface area (Å²) in [6.45, 7) is 4.62. The van der Waals surface area contributed by atoms with Crippen LogP contribution in [0.4, 0.5) is 0 Å². The van der Waals surface area contributed by atoms with Crippen molar-refractivity contribution in [1.29, 1.82) is 0 Å². The Morgan fingerprint density at radius 1 is 1.00 bits per heavy atom. The first kappa shape index (κ1) is 17.1. The second-order valence-corrected chi connectivity index (χ2v) is 13.6. The molecule has 0 heterocycles. The summed E-state index contributed by atoms with van der Waals surface area (Å²) in [5.74, 6) is 0.722. The molecule has 1 aliphatic carbocycles. The van der Waals surface area contributed by atoms with E-state index in [1.54, 1.807) is 9.45 Å². The van der Waals surface area contributed by atoms with E-state index in [1.165, 1.54) is 6.42 Å². The van der Waals surface area contributed by atoms with Crippen molar-refractivity contribution in [2.24, 2.45) is 5.92 Å². The maximum absolute atomic E-state index is 2.52. The molecule has 0 spiro atoms. The van der Waals surface area contributed by atoms with Crippen LogP contribution in [0.2, 0.25) is 0 Å². The van der Waals surface area contributed by atoms with Gasteiger partial charge in [-0.2, -0.15) is 0 Å². The van der Waals surface area contributed by atoms with E-state index in [1.807, 2.05) is 0 Å². The van der Waals surface area contributed by atoms with Gasteiger partial charge in [-0.05, 0) is 0 Å². The Hall–Kier alpha value is 0.0743. The summed E-state index contributed by atoms with van der Waals surface area (Å²) in [4.78, 5) is 0. The summed E-state index contributed by atoms with van der Waals surface area (Å²) in [6.07, 6.45) is 7.06. The zero-order valence-electron chi connectivity index (χ0n) is 14.0. The molecular formula is C15H31N3Ti. The van der Waals surface area contributed by atoms with E-state index in [0.29, 0.717) is 0 Å². The van der Waals surface area contributed by atoms with Gasteiger partial charge in [0.2, 0.25) is 0 Å². The van der Waals surface area contributed by atoms with Gasteiger partial charge in [-0.1, -0.05) is 0 Å². The normalized spacial score (nSPS) is 16.8. The summed E-state index contributed by atoms with van der Waals surface area (Å²) in [7, 11) is 13.5. The Balaban J connectivity index is 3.32. The zero-order chi connectivity index (χ0) is 14.8. The first-order valence-electron chi connectivity index (χ1n) is 7.15. The van der Waals surface area contributed by atoms with Gasteiger partial charge < -0.3 is 0 Å². The minimum absolute atomic E-state index is 0.722. The van der Waals surface area contributed by atoms with Crippen molar-refractivity contribution in [1.82, 2.24) is 10.1 Å². The van der Waals surface area contributed by atoms with Gasteiger partial charge in [0.25, 0.3) is 0 Å². The van der Waals surface area contributed by atoms with Crippen molar-refractivity contribution in [3.05, 3.63) is 21.6 Å². The Labute approximate surface area is 124 Å². The maximum atomic E-state index is 2.50. The molecule has 0 aromatic rings. The molecule has 0 fully saturated rings. The van der Waals surface area contributed by atoms with Gasteiger partial charge in [-0.15, -0.1) is 0 Å². The third-order valence-corrected chi connectivity index (χ3v) is 11.9. The second-order valence-electron chi connectivity index (χ2n) is 6.53. The van der Waals surface area contributed by atoms with Gasteiger partial charge in [0.1, 0.15) is 0 Å². The molecule has 0 bridgehead atoms. The molecular weight excluding hydrogens is 270 g/mol. The van der Waals surface area contributed by atoms with Crippen LogP contribution in [0.1, 0.15) is 26.7 Å². The average molecular weight is 301 g/mol. The molecule has 4 heteroatoms. The fourth-order valence-electron chi connectivity index (χ4n) is 3.54. The van der Waals surface area contributed by atoms with Crippen LogP contribution >= 0.6 is 0 Å². The predicted molar refractivity (Wildman–Crippen MR) is 81.3 cm³/mol. The molecule has 1 rings (SSSR count). The predicted octanol–water partition coefficient (Wildman–Crippen LogP) is 2.83. The number of hydrogen-bond acceptors (Lipinski definition) is 3. The van der Waals surface area contributed by atoms with Crippen LogP contribution in [0.5, 0.6) is 0 Å². The first-order chi connectivity index (χ1) is 8.74. The topological polar surface area (TPSA) is 9.72 Å². The number of hydrogen-bond donors (Lipinski definition) is 0. The zero-order valence-corrected chi connectivity index (χ0v) is 15.5. The molecule has 0 atom stereocenters. The Bertz CT molecular complexity index is 346. The molecule has 3 nitrogen and oxygen atoms in total. The summed E-state index contributed by atoms with van der Waals surface area (Å²) in [6, 6.07) is 0. The molecule has 0 aromatic heterocycles. The molecule has 0 aliphatic heterocycles. The number of nitrogens with zero attached hydrogens (tertiary/aromatic N) is 3. The molecule has 0 unspecified atom stereocenters. The standard InChI is InChI=1S/C9H13.3C2H6N.Ti/c1-8(2)7-9-5-3-4-6-9;3*1-3-2;/h3,5,8H,4,7H2,1-2H3;3*1-2H3;/q;3*-1;+3. The van der Waals surface area contributed by atoms with Gasteiger partial charge in [0, 0.05) is 0 Å². The first-order valence-corrected chi connectivity index (χ1v) is 10.0. The fraction of sp³-hybridized carbons (Fsp3) is 0.733. The van der Waals surface area contributed by atoms with Crippen molar-refractivity contribution in [2.75, 3.05) is 42.3 Å². The third kappa shape index (κ3) is 3.22. The molecule has 1 aliphatic rings. The van der Waals surface area contributed by atoms with Crippen molar-refractivity contribution in [3.63, 3.8) is 0 Å². The fourth-order valence-corrected chi connectivity index (χ4v) is 11.4. The minimum atomic E-state index is -2.52. The van der Waals surface area contributed by atoms with Gasteiger partial charge in [0.05, 0.1) is 0 Å². The van der Waals surface area contributed by atoms with Gasteiger partial charge >= 0.3 is 124 Å². The molecule has 0 radical (unpaired) electrons. The quantitative estimate of drug-likeness (QED) is 0.699. The molecule has 19 heavy (non-hydrogen) atoms. The van der Waals surface area contributed by atoms with E-state index in [4.69, 9.17) is 0 Å². The summed E-state index contributed by atoms with van der Waals surface area (Å²) in [5, 5.41) is 0. The Kier molecular flexibility index (Phi) is 6.03. The van der Waals surface area contributed by atoms with Crippen LogP contribution in [0.25, 0.3) is 0 Å². The van der Waals surface area contributed by atoms with Gasteiger partial charge in [0.15, 0.2) is 0 Å². The molecule has 0 saturated heterocycles. The Morgan fingerprint density at radius 2 is 1.47 bits per heavy atom. The molecule has 110 valence electrons. The van der Waals surface area contributed by atoms with Crippen molar-refractivity contribution >= 4 is 0 Å². The van der Waals surface area contributed by atoms with Crippen molar-refractivity contribution in [2.45, 2.75) is 26.7 Å². The second kappa shape index (κ2) is 6.69. The molecule has 0 saturated carbocycles. The monoisotopic (exact) mass is 301 g/mol. The molecule has 0 N–H and O–H groups in total. The van der Waals surface area contributed by atoms with E-state index in [9.17, 15) is 0 Å². The van der Waals surface area contributed by atoms with E-state index in [0.717, 1.165) is 12.3 Å². The number of rotatable bonds is 6.